The zero-order chi connectivity index (χ0) is 26.5. The van der Waals surface area contributed by atoms with Crippen LogP contribution in [0.5, 0.6) is 5.75 Å². The predicted molar refractivity (Wildman–Crippen MR) is 143 cm³/mol. The lowest BCUT2D eigenvalue weighted by molar-refractivity contribution is 0.102. The molecule has 9 heteroatoms. The van der Waals surface area contributed by atoms with Crippen LogP contribution in [0, 0.1) is 13.8 Å². The minimum absolute atomic E-state index is 0.0891. The molecule has 2 N–H and O–H groups in total. The van der Waals surface area contributed by atoms with Gasteiger partial charge in [-0.3, -0.25) is 4.79 Å². The van der Waals surface area contributed by atoms with Crippen molar-refractivity contribution in [2.24, 2.45) is 0 Å². The number of anilines is 1. The maximum absolute atomic E-state index is 12.6. The Morgan fingerprint density at radius 2 is 1.81 bits per heavy atom. The lowest BCUT2D eigenvalue weighted by atomic mass is 10.1. The molecule has 0 bridgehead atoms. The van der Waals surface area contributed by atoms with Gasteiger partial charge in [0, 0.05) is 22.5 Å². The highest BCUT2D eigenvalue weighted by molar-refractivity contribution is 7.90. The fourth-order valence-corrected chi connectivity index (χ4v) is 4.23. The van der Waals surface area contributed by atoms with Gasteiger partial charge in [-0.15, -0.1) is 0 Å². The Bertz CT molecular complexity index is 1400. The first-order valence-corrected chi connectivity index (χ1v) is 13.4. The number of nitrogens with one attached hydrogen (secondary N) is 2. The molecule has 1 aliphatic rings. The normalized spacial score (nSPS) is 14.5. The average Bonchev–Trinajstić information content (AvgIpc) is 3.27. The van der Waals surface area contributed by atoms with Crippen molar-refractivity contribution in [2.75, 3.05) is 18.7 Å². The topological polar surface area (TPSA) is 93.7 Å². The third kappa shape index (κ3) is 7.02. The minimum atomic E-state index is -3.39. The van der Waals surface area contributed by atoms with Gasteiger partial charge >= 0.3 is 0 Å². The number of amides is 1. The smallest absolute Gasteiger partial charge is 0.259 e. The molecule has 0 spiro atoms. The Labute approximate surface area is 217 Å². The Morgan fingerprint density at radius 3 is 2.39 bits per heavy atom. The Hall–Kier alpha value is -3.49. The molecule has 1 heterocycles. The second kappa shape index (κ2) is 11.5. The molecular weight excluding hydrogens is 500 g/mol. The van der Waals surface area contributed by atoms with E-state index >= 15 is 0 Å². The molecule has 1 aliphatic heterocycles. The molecule has 1 amide bonds. The summed E-state index contributed by atoms with van der Waals surface area (Å²) in [5.41, 5.74) is 5.08. The van der Waals surface area contributed by atoms with Gasteiger partial charge in [0.15, 0.2) is 16.1 Å². The van der Waals surface area contributed by atoms with Crippen LogP contribution in [0.15, 0.2) is 71.8 Å². The van der Waals surface area contributed by atoms with Gasteiger partial charge in [-0.25, -0.2) is 8.42 Å². The van der Waals surface area contributed by atoms with Crippen molar-refractivity contribution in [1.29, 1.82) is 0 Å². The van der Waals surface area contributed by atoms with Crippen LogP contribution in [0.3, 0.4) is 0 Å². The van der Waals surface area contributed by atoms with Crippen LogP contribution in [0.25, 0.3) is 5.70 Å². The Kier molecular flexibility index (Phi) is 8.66. The second-order valence-electron chi connectivity index (χ2n) is 8.35. The van der Waals surface area contributed by atoms with Gasteiger partial charge in [0.05, 0.1) is 23.3 Å². The molecule has 0 fully saturated rings. The summed E-state index contributed by atoms with van der Waals surface area (Å²) in [4.78, 5) is 12.7. The lowest BCUT2D eigenvalue weighted by Gasteiger charge is -2.12. The quantitative estimate of drug-likeness (QED) is 0.449. The van der Waals surface area contributed by atoms with Crippen LogP contribution in [-0.4, -0.2) is 33.9 Å². The van der Waals surface area contributed by atoms with Gasteiger partial charge in [0.25, 0.3) is 5.91 Å². The summed E-state index contributed by atoms with van der Waals surface area (Å²) in [6, 6.07) is 17.4. The van der Waals surface area contributed by atoms with E-state index in [1.54, 1.807) is 12.3 Å². The second-order valence-corrected chi connectivity index (χ2v) is 10.8. The largest absolute Gasteiger partial charge is 0.496 e. The number of halogens is 1. The first-order valence-electron chi connectivity index (χ1n) is 11.1. The van der Waals surface area contributed by atoms with E-state index in [1.165, 1.54) is 36.4 Å². The van der Waals surface area contributed by atoms with Crippen LogP contribution in [0.2, 0.25) is 5.02 Å². The van der Waals surface area contributed by atoms with Crippen molar-refractivity contribution >= 4 is 38.7 Å². The van der Waals surface area contributed by atoms with E-state index in [0.29, 0.717) is 5.69 Å². The molecule has 1 unspecified atom stereocenters. The van der Waals surface area contributed by atoms with Crippen molar-refractivity contribution in [1.82, 2.24) is 5.32 Å². The summed E-state index contributed by atoms with van der Waals surface area (Å²) in [5, 5.41) is 6.79. The van der Waals surface area contributed by atoms with E-state index in [2.05, 4.69) is 24.5 Å². The highest BCUT2D eigenvalue weighted by atomic mass is 35.5. The third-order valence-electron chi connectivity index (χ3n) is 5.49. The molecule has 0 aromatic heterocycles. The Balaban J connectivity index is 0.000000338. The number of benzene rings is 3. The lowest BCUT2D eigenvalue weighted by Crippen LogP contribution is -2.19. The molecule has 0 saturated carbocycles. The van der Waals surface area contributed by atoms with Crippen LogP contribution in [0.1, 0.15) is 34.0 Å². The number of hydrogen-bond donors (Lipinski definition) is 2. The number of rotatable bonds is 5. The third-order valence-corrected chi connectivity index (χ3v) is 6.84. The Morgan fingerprint density at radius 1 is 1.06 bits per heavy atom. The summed E-state index contributed by atoms with van der Waals surface area (Å²) in [6.07, 6.45) is 2.64. The van der Waals surface area contributed by atoms with Crippen LogP contribution in [-0.2, 0) is 14.6 Å². The number of carbonyl (C=O) groups is 1. The first kappa shape index (κ1) is 27.1. The van der Waals surface area contributed by atoms with Gasteiger partial charge < -0.3 is 20.1 Å². The monoisotopic (exact) mass is 528 g/mol. The highest BCUT2D eigenvalue weighted by Gasteiger charge is 2.18. The van der Waals surface area contributed by atoms with Crippen LogP contribution in [0.4, 0.5) is 5.69 Å². The van der Waals surface area contributed by atoms with Gasteiger partial charge in [-0.1, -0.05) is 29.8 Å². The van der Waals surface area contributed by atoms with E-state index in [9.17, 15) is 13.2 Å². The van der Waals surface area contributed by atoms with Crippen LogP contribution >= 0.6 is 11.6 Å². The highest BCUT2D eigenvalue weighted by Crippen LogP contribution is 2.25. The summed E-state index contributed by atoms with van der Waals surface area (Å²) in [6.45, 7) is 6.02. The van der Waals surface area contributed by atoms with Crippen molar-refractivity contribution in [3.05, 3.63) is 94.2 Å². The predicted octanol–water partition coefficient (Wildman–Crippen LogP) is 5.57. The zero-order valence-electron chi connectivity index (χ0n) is 20.8. The SMILES string of the molecule is COc1cc(S(C)(=O)=O)ccc1C(=O)Nc1cccc(C2=COC(C)N2)c1.Cc1ccc(Cl)cc1C. The van der Waals surface area contributed by atoms with Crippen molar-refractivity contribution < 1.29 is 22.7 Å². The number of aryl methyl sites for hydroxylation is 2. The maximum Gasteiger partial charge on any atom is 0.259 e. The van der Waals surface area contributed by atoms with E-state index in [-0.39, 0.29) is 22.4 Å². The van der Waals surface area contributed by atoms with Gasteiger partial charge in [0.1, 0.15) is 12.0 Å². The van der Waals surface area contributed by atoms with Gasteiger partial charge in [0.2, 0.25) is 0 Å². The number of carbonyl (C=O) groups excluding carboxylic acids is 1. The zero-order valence-corrected chi connectivity index (χ0v) is 22.3. The molecule has 36 heavy (non-hydrogen) atoms. The molecule has 7 nitrogen and oxygen atoms in total. The van der Waals surface area contributed by atoms with Crippen molar-refractivity contribution in [2.45, 2.75) is 31.9 Å². The van der Waals surface area contributed by atoms with E-state index in [0.717, 1.165) is 22.5 Å². The van der Waals surface area contributed by atoms with E-state index in [4.69, 9.17) is 21.1 Å². The summed E-state index contributed by atoms with van der Waals surface area (Å²) in [5.74, 6) is -0.212. The molecule has 3 aromatic carbocycles. The van der Waals surface area contributed by atoms with Crippen molar-refractivity contribution in [3.8, 4) is 5.75 Å². The number of sulfone groups is 1. The molecule has 4 rings (SSSR count). The van der Waals surface area contributed by atoms with E-state index < -0.39 is 15.7 Å². The van der Waals surface area contributed by atoms with Gasteiger partial charge in [-0.05, 0) is 74.4 Å². The first-order chi connectivity index (χ1) is 17.0. The molecule has 0 aliphatic carbocycles. The molecular formula is C27H29ClN2O5S. The summed E-state index contributed by atoms with van der Waals surface area (Å²) >= 11 is 5.72. The van der Waals surface area contributed by atoms with E-state index in [1.807, 2.05) is 43.3 Å². The molecule has 0 radical (unpaired) electrons. The summed E-state index contributed by atoms with van der Waals surface area (Å²) in [7, 11) is -2.01. The summed E-state index contributed by atoms with van der Waals surface area (Å²) < 4.78 is 33.9. The molecule has 190 valence electrons. The molecule has 1 atom stereocenters. The average molecular weight is 529 g/mol. The molecule has 3 aromatic rings. The number of ether oxygens (including phenoxy) is 2. The maximum atomic E-state index is 12.6. The van der Waals surface area contributed by atoms with Gasteiger partial charge in [-0.2, -0.15) is 0 Å². The number of hydrogen-bond acceptors (Lipinski definition) is 6. The number of methoxy groups -OCH3 is 1. The fraction of sp³-hybridized carbons (Fsp3) is 0.222. The van der Waals surface area contributed by atoms with Crippen molar-refractivity contribution in [3.63, 3.8) is 0 Å². The molecule has 0 saturated heterocycles. The fourth-order valence-electron chi connectivity index (χ4n) is 3.37. The minimum Gasteiger partial charge on any atom is -0.496 e. The standard InChI is InChI=1S/C19H20N2O5S.C8H9Cl/c1-12-20-17(11-26-12)13-5-4-6-14(9-13)21-19(22)16-8-7-15(27(3,23)24)10-18(16)25-2;1-6-3-4-8(9)5-7(6)2/h4-12,20H,1-3H3,(H,21,22);3-5H,1-2H3. The van der Waals surface area contributed by atoms with Crippen LogP contribution < -0.4 is 15.4 Å².